The van der Waals surface area contributed by atoms with E-state index in [4.69, 9.17) is 4.74 Å². The number of ether oxygens (including phenoxy) is 1. The van der Waals surface area contributed by atoms with Gasteiger partial charge >= 0.3 is 0 Å². The first-order valence-corrected chi connectivity index (χ1v) is 7.56. The second-order valence-corrected chi connectivity index (χ2v) is 5.80. The Hall–Kier alpha value is -1.10. The van der Waals surface area contributed by atoms with Crippen molar-refractivity contribution in [2.45, 2.75) is 44.6 Å². The predicted octanol–water partition coefficient (Wildman–Crippen LogP) is 3.06. The van der Waals surface area contributed by atoms with Crippen molar-refractivity contribution in [3.63, 3.8) is 0 Å². The van der Waals surface area contributed by atoms with Crippen molar-refractivity contribution in [2.75, 3.05) is 6.61 Å². The monoisotopic (exact) mass is 326 g/mol. The van der Waals surface area contributed by atoms with Crippen LogP contribution >= 0.6 is 15.9 Å². The van der Waals surface area contributed by atoms with Crippen LogP contribution < -0.4 is 10.1 Å². The molecule has 1 aromatic heterocycles. The quantitative estimate of drug-likeness (QED) is 0.865. The normalized spacial score (nSPS) is 16.7. The third-order valence-corrected chi connectivity index (χ3v) is 3.70. The summed E-state index contributed by atoms with van der Waals surface area (Å²) in [5.41, 5.74) is 0. The maximum Gasteiger partial charge on any atom is 0.258 e. The standard InChI is InChI=1S/C14H19BrN2O2/c15-11-7-13(9-16-8-11)19-10-14(18)17-12-5-3-1-2-4-6-12/h7-9,12H,1-6,10H2,(H,17,18). The van der Waals surface area contributed by atoms with E-state index in [2.05, 4.69) is 26.2 Å². The van der Waals surface area contributed by atoms with Crippen molar-refractivity contribution in [1.29, 1.82) is 0 Å². The number of carbonyl (C=O) groups is 1. The van der Waals surface area contributed by atoms with Crippen LogP contribution in [0.1, 0.15) is 38.5 Å². The zero-order valence-corrected chi connectivity index (χ0v) is 12.5. The van der Waals surface area contributed by atoms with Crippen LogP contribution in [0.5, 0.6) is 5.75 Å². The zero-order valence-electron chi connectivity index (χ0n) is 10.9. The Morgan fingerprint density at radius 3 is 2.74 bits per heavy atom. The molecule has 1 saturated carbocycles. The second kappa shape index (κ2) is 7.48. The Bertz CT molecular complexity index is 418. The Morgan fingerprint density at radius 2 is 2.05 bits per heavy atom. The number of amides is 1. The van der Waals surface area contributed by atoms with E-state index in [1.54, 1.807) is 18.5 Å². The Labute approximate surface area is 122 Å². The van der Waals surface area contributed by atoms with Gasteiger partial charge < -0.3 is 10.1 Å². The summed E-state index contributed by atoms with van der Waals surface area (Å²) in [6, 6.07) is 2.12. The average Bonchev–Trinajstić information content (AvgIpc) is 2.65. The minimum absolute atomic E-state index is 0.0492. The average molecular weight is 327 g/mol. The lowest BCUT2D eigenvalue weighted by Crippen LogP contribution is -2.37. The number of pyridine rings is 1. The van der Waals surface area contributed by atoms with Gasteiger partial charge in [-0.2, -0.15) is 0 Å². The van der Waals surface area contributed by atoms with Gasteiger partial charge in [0.05, 0.1) is 6.20 Å². The van der Waals surface area contributed by atoms with Crippen LogP contribution in [-0.2, 0) is 4.79 Å². The SMILES string of the molecule is O=C(COc1cncc(Br)c1)NC1CCCCCC1. The molecule has 1 amide bonds. The van der Waals surface area contributed by atoms with E-state index in [0.29, 0.717) is 11.8 Å². The summed E-state index contributed by atoms with van der Waals surface area (Å²) in [7, 11) is 0. The molecule has 1 N–H and O–H groups in total. The molecule has 104 valence electrons. The van der Waals surface area contributed by atoms with E-state index in [9.17, 15) is 4.79 Å². The highest BCUT2D eigenvalue weighted by Gasteiger charge is 2.14. The van der Waals surface area contributed by atoms with Crippen LogP contribution in [0.4, 0.5) is 0 Å². The lowest BCUT2D eigenvalue weighted by molar-refractivity contribution is -0.123. The predicted molar refractivity (Wildman–Crippen MR) is 77.1 cm³/mol. The molecule has 0 atom stereocenters. The molecule has 5 heteroatoms. The molecule has 1 fully saturated rings. The van der Waals surface area contributed by atoms with E-state index < -0.39 is 0 Å². The molecule has 0 saturated heterocycles. The number of hydrogen-bond donors (Lipinski definition) is 1. The first-order valence-electron chi connectivity index (χ1n) is 6.77. The molecular formula is C14H19BrN2O2. The second-order valence-electron chi connectivity index (χ2n) is 4.88. The molecule has 0 radical (unpaired) electrons. The molecule has 1 aliphatic rings. The summed E-state index contributed by atoms with van der Waals surface area (Å²) < 4.78 is 6.26. The van der Waals surface area contributed by atoms with Gasteiger partial charge in [-0.1, -0.05) is 25.7 Å². The van der Waals surface area contributed by atoms with Gasteiger partial charge in [0.25, 0.3) is 5.91 Å². The van der Waals surface area contributed by atoms with E-state index in [1.807, 2.05) is 0 Å². The van der Waals surface area contributed by atoms with Crippen LogP contribution in [0, 0.1) is 0 Å². The Kier molecular flexibility index (Phi) is 5.63. The minimum atomic E-state index is -0.0492. The highest BCUT2D eigenvalue weighted by atomic mass is 79.9. The summed E-state index contributed by atoms with van der Waals surface area (Å²) in [6.45, 7) is 0.0502. The minimum Gasteiger partial charge on any atom is -0.482 e. The van der Waals surface area contributed by atoms with E-state index >= 15 is 0 Å². The molecule has 0 aromatic carbocycles. The summed E-state index contributed by atoms with van der Waals surface area (Å²) in [5.74, 6) is 0.553. The van der Waals surface area contributed by atoms with Gasteiger partial charge in [0.15, 0.2) is 6.61 Å². The van der Waals surface area contributed by atoms with Crippen molar-refractivity contribution in [2.24, 2.45) is 0 Å². The lowest BCUT2D eigenvalue weighted by Gasteiger charge is -2.16. The number of carbonyl (C=O) groups excluding carboxylic acids is 1. The first-order chi connectivity index (χ1) is 9.24. The van der Waals surface area contributed by atoms with E-state index in [-0.39, 0.29) is 12.5 Å². The molecule has 19 heavy (non-hydrogen) atoms. The third kappa shape index (κ3) is 5.19. The molecule has 1 heterocycles. The third-order valence-electron chi connectivity index (χ3n) is 3.27. The molecule has 0 unspecified atom stereocenters. The molecule has 2 rings (SSSR count). The van der Waals surface area contributed by atoms with Crippen LogP contribution in [0.25, 0.3) is 0 Å². The Morgan fingerprint density at radius 1 is 1.32 bits per heavy atom. The number of rotatable bonds is 4. The molecule has 0 spiro atoms. The molecular weight excluding hydrogens is 308 g/mol. The smallest absolute Gasteiger partial charge is 0.258 e. The maximum absolute atomic E-state index is 11.8. The number of hydrogen-bond acceptors (Lipinski definition) is 3. The highest BCUT2D eigenvalue weighted by molar-refractivity contribution is 9.10. The van der Waals surface area contributed by atoms with Crippen LogP contribution in [0.3, 0.4) is 0 Å². The van der Waals surface area contributed by atoms with Gasteiger partial charge in [-0.25, -0.2) is 0 Å². The summed E-state index contributed by atoms with van der Waals surface area (Å²) in [5, 5.41) is 3.05. The molecule has 0 bridgehead atoms. The van der Waals surface area contributed by atoms with Gasteiger partial charge in [0, 0.05) is 16.7 Å². The molecule has 0 aliphatic heterocycles. The number of nitrogens with zero attached hydrogens (tertiary/aromatic N) is 1. The highest BCUT2D eigenvalue weighted by Crippen LogP contribution is 2.18. The fourth-order valence-corrected chi connectivity index (χ4v) is 2.66. The van der Waals surface area contributed by atoms with Gasteiger partial charge in [-0.15, -0.1) is 0 Å². The van der Waals surface area contributed by atoms with Gasteiger partial charge in [0.2, 0.25) is 0 Å². The summed E-state index contributed by atoms with van der Waals surface area (Å²) in [4.78, 5) is 15.8. The topological polar surface area (TPSA) is 51.2 Å². The van der Waals surface area contributed by atoms with Crippen LogP contribution in [0.2, 0.25) is 0 Å². The summed E-state index contributed by atoms with van der Waals surface area (Å²) in [6.07, 6.45) is 10.4. The van der Waals surface area contributed by atoms with Gasteiger partial charge in [-0.3, -0.25) is 9.78 Å². The van der Waals surface area contributed by atoms with Crippen LogP contribution in [0.15, 0.2) is 22.9 Å². The largest absolute Gasteiger partial charge is 0.482 e. The fourth-order valence-electron chi connectivity index (χ4n) is 2.31. The maximum atomic E-state index is 11.8. The number of nitrogens with one attached hydrogen (secondary N) is 1. The fraction of sp³-hybridized carbons (Fsp3) is 0.571. The van der Waals surface area contributed by atoms with E-state index in [1.165, 1.54) is 25.7 Å². The first kappa shape index (κ1) is 14.3. The molecule has 1 aromatic rings. The van der Waals surface area contributed by atoms with Crippen molar-refractivity contribution < 1.29 is 9.53 Å². The van der Waals surface area contributed by atoms with Crippen molar-refractivity contribution >= 4 is 21.8 Å². The summed E-state index contributed by atoms with van der Waals surface area (Å²) >= 11 is 3.31. The Balaban J connectivity index is 1.74. The van der Waals surface area contributed by atoms with Gasteiger partial charge in [0.1, 0.15) is 5.75 Å². The molecule has 1 aliphatic carbocycles. The van der Waals surface area contributed by atoms with Crippen molar-refractivity contribution in [3.05, 3.63) is 22.9 Å². The van der Waals surface area contributed by atoms with Crippen LogP contribution in [-0.4, -0.2) is 23.5 Å². The number of aromatic nitrogens is 1. The zero-order chi connectivity index (χ0) is 13.5. The number of halogens is 1. The molecule has 4 nitrogen and oxygen atoms in total. The van der Waals surface area contributed by atoms with E-state index in [0.717, 1.165) is 17.3 Å². The van der Waals surface area contributed by atoms with Gasteiger partial charge in [-0.05, 0) is 34.8 Å². The van der Waals surface area contributed by atoms with Crippen molar-refractivity contribution in [3.8, 4) is 5.75 Å². The lowest BCUT2D eigenvalue weighted by atomic mass is 10.1. The van der Waals surface area contributed by atoms with Crippen molar-refractivity contribution in [1.82, 2.24) is 10.3 Å².